The molecule has 0 saturated carbocycles. The monoisotopic (exact) mass is 194 g/mol. The van der Waals surface area contributed by atoms with Gasteiger partial charge in [0.05, 0.1) is 6.20 Å². The minimum absolute atomic E-state index is 0.180. The van der Waals surface area contributed by atoms with E-state index >= 15 is 0 Å². The molecular formula is C11H18N2O. The standard InChI is InChI=1S/C11H18N2O/c1-4-12-7-10(3)14-11-6-5-9(2)13-8-11/h5-6,8,10,12H,4,7H2,1-3H3. The minimum atomic E-state index is 0.180. The van der Waals surface area contributed by atoms with Crippen LogP contribution >= 0.6 is 0 Å². The zero-order chi connectivity index (χ0) is 10.4. The van der Waals surface area contributed by atoms with Crippen LogP contribution < -0.4 is 10.1 Å². The molecule has 1 aromatic heterocycles. The summed E-state index contributed by atoms with van der Waals surface area (Å²) in [5.41, 5.74) is 1.01. The Labute approximate surface area is 85.5 Å². The average molecular weight is 194 g/mol. The van der Waals surface area contributed by atoms with E-state index in [0.717, 1.165) is 24.5 Å². The van der Waals surface area contributed by atoms with E-state index in [0.29, 0.717) is 0 Å². The van der Waals surface area contributed by atoms with Gasteiger partial charge in [-0.25, -0.2) is 0 Å². The van der Waals surface area contributed by atoms with E-state index in [1.807, 2.05) is 26.0 Å². The van der Waals surface area contributed by atoms with Gasteiger partial charge in [-0.1, -0.05) is 6.92 Å². The van der Waals surface area contributed by atoms with Crippen molar-refractivity contribution in [1.29, 1.82) is 0 Å². The van der Waals surface area contributed by atoms with Crippen molar-refractivity contribution in [1.82, 2.24) is 10.3 Å². The molecule has 0 aliphatic heterocycles. The Balaban J connectivity index is 2.39. The second-order valence-corrected chi connectivity index (χ2v) is 3.37. The number of nitrogens with one attached hydrogen (secondary N) is 1. The lowest BCUT2D eigenvalue weighted by Crippen LogP contribution is -2.28. The van der Waals surface area contributed by atoms with Gasteiger partial charge >= 0.3 is 0 Å². The van der Waals surface area contributed by atoms with E-state index in [9.17, 15) is 0 Å². The van der Waals surface area contributed by atoms with Crippen molar-refractivity contribution in [3.8, 4) is 5.75 Å². The van der Waals surface area contributed by atoms with Crippen molar-refractivity contribution < 1.29 is 4.74 Å². The number of rotatable bonds is 5. The van der Waals surface area contributed by atoms with Gasteiger partial charge < -0.3 is 10.1 Å². The maximum atomic E-state index is 5.65. The second-order valence-electron chi connectivity index (χ2n) is 3.37. The van der Waals surface area contributed by atoms with Crippen LogP contribution in [-0.2, 0) is 0 Å². The lowest BCUT2D eigenvalue weighted by molar-refractivity contribution is 0.217. The lowest BCUT2D eigenvalue weighted by atomic mass is 10.3. The fourth-order valence-electron chi connectivity index (χ4n) is 1.15. The maximum absolute atomic E-state index is 5.65. The number of aromatic nitrogens is 1. The zero-order valence-corrected chi connectivity index (χ0v) is 9.08. The molecule has 0 fully saturated rings. The quantitative estimate of drug-likeness (QED) is 0.775. The van der Waals surface area contributed by atoms with Crippen molar-refractivity contribution in [2.24, 2.45) is 0 Å². The number of likely N-dealkylation sites (N-methyl/N-ethyl adjacent to an activating group) is 1. The van der Waals surface area contributed by atoms with Gasteiger partial charge in [0.25, 0.3) is 0 Å². The van der Waals surface area contributed by atoms with Crippen LogP contribution in [0.2, 0.25) is 0 Å². The Morgan fingerprint density at radius 1 is 1.50 bits per heavy atom. The van der Waals surface area contributed by atoms with Gasteiger partial charge in [-0.2, -0.15) is 0 Å². The van der Waals surface area contributed by atoms with E-state index in [1.165, 1.54) is 0 Å². The molecule has 1 rings (SSSR count). The Morgan fingerprint density at radius 2 is 2.29 bits per heavy atom. The summed E-state index contributed by atoms with van der Waals surface area (Å²) in [6.45, 7) is 7.93. The van der Waals surface area contributed by atoms with Gasteiger partial charge in [-0.05, 0) is 32.5 Å². The summed E-state index contributed by atoms with van der Waals surface area (Å²) in [5, 5.41) is 3.23. The second kappa shape index (κ2) is 5.60. The fraction of sp³-hybridized carbons (Fsp3) is 0.545. The third kappa shape index (κ3) is 3.75. The summed E-state index contributed by atoms with van der Waals surface area (Å²) in [4.78, 5) is 4.17. The van der Waals surface area contributed by atoms with Crippen molar-refractivity contribution >= 4 is 0 Å². The summed E-state index contributed by atoms with van der Waals surface area (Å²) < 4.78 is 5.65. The number of aryl methyl sites for hydroxylation is 1. The van der Waals surface area contributed by atoms with Crippen molar-refractivity contribution in [3.63, 3.8) is 0 Å². The van der Waals surface area contributed by atoms with Crippen LogP contribution in [-0.4, -0.2) is 24.2 Å². The molecule has 0 bridgehead atoms. The van der Waals surface area contributed by atoms with Crippen LogP contribution in [0.4, 0.5) is 0 Å². The van der Waals surface area contributed by atoms with Crippen molar-refractivity contribution in [3.05, 3.63) is 24.0 Å². The van der Waals surface area contributed by atoms with Gasteiger partial charge in [-0.15, -0.1) is 0 Å². The van der Waals surface area contributed by atoms with Gasteiger partial charge in [0.2, 0.25) is 0 Å². The summed E-state index contributed by atoms with van der Waals surface area (Å²) in [5.74, 6) is 0.834. The lowest BCUT2D eigenvalue weighted by Gasteiger charge is -2.14. The molecule has 0 radical (unpaired) electrons. The van der Waals surface area contributed by atoms with Crippen molar-refractivity contribution in [2.75, 3.05) is 13.1 Å². The van der Waals surface area contributed by atoms with E-state index in [-0.39, 0.29) is 6.10 Å². The van der Waals surface area contributed by atoms with Gasteiger partial charge in [0.1, 0.15) is 11.9 Å². The molecular weight excluding hydrogens is 176 g/mol. The maximum Gasteiger partial charge on any atom is 0.138 e. The summed E-state index contributed by atoms with van der Waals surface area (Å²) in [7, 11) is 0. The first-order chi connectivity index (χ1) is 6.72. The molecule has 1 heterocycles. The van der Waals surface area contributed by atoms with Crippen LogP contribution in [0.3, 0.4) is 0 Å². The minimum Gasteiger partial charge on any atom is -0.488 e. The first-order valence-electron chi connectivity index (χ1n) is 5.02. The van der Waals surface area contributed by atoms with Crippen LogP contribution in [0.5, 0.6) is 5.75 Å². The number of hydrogen-bond donors (Lipinski definition) is 1. The predicted molar refractivity (Wildman–Crippen MR) is 57.6 cm³/mol. The SMILES string of the molecule is CCNCC(C)Oc1ccc(C)nc1. The third-order valence-electron chi connectivity index (χ3n) is 1.90. The predicted octanol–water partition coefficient (Wildman–Crippen LogP) is 1.77. The van der Waals surface area contributed by atoms with E-state index in [4.69, 9.17) is 4.74 Å². The molecule has 1 atom stereocenters. The summed E-state index contributed by atoms with van der Waals surface area (Å²) >= 11 is 0. The van der Waals surface area contributed by atoms with Crippen LogP contribution in [0.25, 0.3) is 0 Å². The fourth-order valence-corrected chi connectivity index (χ4v) is 1.15. The number of pyridine rings is 1. The first kappa shape index (κ1) is 11.0. The molecule has 3 heteroatoms. The van der Waals surface area contributed by atoms with Gasteiger partial charge in [0.15, 0.2) is 0 Å². The molecule has 0 amide bonds. The first-order valence-corrected chi connectivity index (χ1v) is 5.02. The van der Waals surface area contributed by atoms with Crippen LogP contribution in [0, 0.1) is 6.92 Å². The van der Waals surface area contributed by atoms with Gasteiger partial charge in [-0.3, -0.25) is 4.98 Å². The van der Waals surface area contributed by atoms with Gasteiger partial charge in [0, 0.05) is 12.2 Å². The number of ether oxygens (including phenoxy) is 1. The highest BCUT2D eigenvalue weighted by Crippen LogP contribution is 2.10. The highest BCUT2D eigenvalue weighted by atomic mass is 16.5. The highest BCUT2D eigenvalue weighted by molar-refractivity contribution is 5.19. The van der Waals surface area contributed by atoms with E-state index in [2.05, 4.69) is 17.2 Å². The van der Waals surface area contributed by atoms with E-state index < -0.39 is 0 Å². The normalized spacial score (nSPS) is 12.5. The highest BCUT2D eigenvalue weighted by Gasteiger charge is 2.02. The molecule has 0 saturated heterocycles. The molecule has 3 nitrogen and oxygen atoms in total. The van der Waals surface area contributed by atoms with E-state index in [1.54, 1.807) is 6.20 Å². The molecule has 0 aromatic carbocycles. The summed E-state index contributed by atoms with van der Waals surface area (Å²) in [6.07, 6.45) is 1.94. The Bertz CT molecular complexity index is 258. The smallest absolute Gasteiger partial charge is 0.138 e. The number of nitrogens with zero attached hydrogens (tertiary/aromatic N) is 1. The topological polar surface area (TPSA) is 34.1 Å². The Morgan fingerprint density at radius 3 is 2.86 bits per heavy atom. The zero-order valence-electron chi connectivity index (χ0n) is 9.08. The number of hydrogen-bond acceptors (Lipinski definition) is 3. The molecule has 0 spiro atoms. The third-order valence-corrected chi connectivity index (χ3v) is 1.90. The van der Waals surface area contributed by atoms with Crippen LogP contribution in [0.15, 0.2) is 18.3 Å². The Hall–Kier alpha value is -1.09. The van der Waals surface area contributed by atoms with Crippen LogP contribution in [0.1, 0.15) is 19.5 Å². The molecule has 0 aliphatic rings. The Kier molecular flexibility index (Phi) is 4.40. The molecule has 1 aromatic rings. The molecule has 0 aliphatic carbocycles. The molecule has 1 unspecified atom stereocenters. The molecule has 1 N–H and O–H groups in total. The molecule has 78 valence electrons. The van der Waals surface area contributed by atoms with Crippen molar-refractivity contribution in [2.45, 2.75) is 26.9 Å². The average Bonchev–Trinajstić information content (AvgIpc) is 2.18. The summed E-state index contributed by atoms with van der Waals surface area (Å²) in [6, 6.07) is 3.90. The largest absolute Gasteiger partial charge is 0.488 e. The molecule has 14 heavy (non-hydrogen) atoms.